The summed E-state index contributed by atoms with van der Waals surface area (Å²) in [5, 5.41) is 2.51. The molecule has 0 saturated heterocycles. The number of carbonyl (C=O) groups excluding carboxylic acids is 4. The lowest BCUT2D eigenvalue weighted by Gasteiger charge is -2.21. The first-order chi connectivity index (χ1) is 11.7. The van der Waals surface area contributed by atoms with Gasteiger partial charge in [0.1, 0.15) is 11.8 Å². The lowest BCUT2D eigenvalue weighted by Crippen LogP contribution is -2.49. The average Bonchev–Trinajstić information content (AvgIpc) is 2.52. The van der Waals surface area contributed by atoms with Crippen molar-refractivity contribution in [3.05, 3.63) is 29.8 Å². The molecule has 1 rings (SSSR count). The van der Waals surface area contributed by atoms with Crippen LogP contribution in [0.2, 0.25) is 0 Å². The molecule has 0 saturated carbocycles. The van der Waals surface area contributed by atoms with Crippen LogP contribution in [0.4, 0.5) is 0 Å². The quantitative estimate of drug-likeness (QED) is 0.527. The summed E-state index contributed by atoms with van der Waals surface area (Å²) in [6.45, 7) is 4.79. The predicted molar refractivity (Wildman–Crippen MR) is 88.6 cm³/mol. The van der Waals surface area contributed by atoms with E-state index >= 15 is 0 Å². The molecule has 0 spiro atoms. The van der Waals surface area contributed by atoms with Crippen LogP contribution in [0.5, 0.6) is 5.75 Å². The monoisotopic (exact) mass is 350 g/mol. The van der Waals surface area contributed by atoms with Gasteiger partial charge < -0.3 is 20.5 Å². The third-order valence-corrected chi connectivity index (χ3v) is 3.33. The van der Waals surface area contributed by atoms with Gasteiger partial charge in [-0.3, -0.25) is 19.2 Å². The molecular formula is C17H22N2O6. The molecule has 0 aromatic heterocycles. The van der Waals surface area contributed by atoms with E-state index in [1.165, 1.54) is 31.2 Å². The maximum atomic E-state index is 12.3. The van der Waals surface area contributed by atoms with Crippen LogP contribution in [0.3, 0.4) is 0 Å². The zero-order valence-electron chi connectivity index (χ0n) is 14.4. The summed E-state index contributed by atoms with van der Waals surface area (Å²) in [7, 11) is 0. The second-order valence-corrected chi connectivity index (χ2v) is 5.46. The van der Waals surface area contributed by atoms with Gasteiger partial charge in [0.25, 0.3) is 5.91 Å². The molecule has 0 aliphatic rings. The zero-order chi connectivity index (χ0) is 19.0. The standard InChI is InChI=1S/C17H22N2O6/c1-4-24-14(21)9-10(2)15(16(18)22)19-17(23)12-5-7-13(8-6-12)25-11(3)20/h5-8,10,15H,4,9H2,1-3H3,(H2,18,22)(H,19,23)/t10-,15+/m0/s1. The summed E-state index contributed by atoms with van der Waals surface area (Å²) in [5.41, 5.74) is 5.58. The summed E-state index contributed by atoms with van der Waals surface area (Å²) in [6.07, 6.45) is -0.0485. The van der Waals surface area contributed by atoms with Crippen LogP contribution in [0, 0.1) is 5.92 Å². The normalized spacial score (nSPS) is 12.6. The first-order valence-electron chi connectivity index (χ1n) is 7.78. The van der Waals surface area contributed by atoms with Crippen LogP contribution < -0.4 is 15.8 Å². The summed E-state index contributed by atoms with van der Waals surface area (Å²) < 4.78 is 9.71. The summed E-state index contributed by atoms with van der Waals surface area (Å²) in [4.78, 5) is 46.3. The van der Waals surface area contributed by atoms with Crippen molar-refractivity contribution >= 4 is 23.8 Å². The topological polar surface area (TPSA) is 125 Å². The predicted octanol–water partition coefficient (Wildman–Crippen LogP) is 0.785. The van der Waals surface area contributed by atoms with E-state index < -0.39 is 35.7 Å². The highest BCUT2D eigenvalue weighted by Gasteiger charge is 2.27. The number of carbonyl (C=O) groups is 4. The van der Waals surface area contributed by atoms with Crippen molar-refractivity contribution in [3.8, 4) is 5.75 Å². The van der Waals surface area contributed by atoms with Crippen LogP contribution >= 0.6 is 0 Å². The molecule has 8 heteroatoms. The highest BCUT2D eigenvalue weighted by Crippen LogP contribution is 2.14. The molecule has 0 fully saturated rings. The Labute approximate surface area is 145 Å². The smallest absolute Gasteiger partial charge is 0.308 e. The summed E-state index contributed by atoms with van der Waals surface area (Å²) in [5.74, 6) is -2.46. The van der Waals surface area contributed by atoms with Gasteiger partial charge in [0, 0.05) is 12.5 Å². The van der Waals surface area contributed by atoms with Gasteiger partial charge in [-0.05, 0) is 37.1 Å². The highest BCUT2D eigenvalue weighted by atomic mass is 16.5. The first-order valence-corrected chi connectivity index (χ1v) is 7.78. The van der Waals surface area contributed by atoms with Crippen molar-refractivity contribution in [3.63, 3.8) is 0 Å². The van der Waals surface area contributed by atoms with Gasteiger partial charge in [0.15, 0.2) is 0 Å². The number of benzene rings is 1. The molecule has 8 nitrogen and oxygen atoms in total. The fraction of sp³-hybridized carbons (Fsp3) is 0.412. The molecular weight excluding hydrogens is 328 g/mol. The van der Waals surface area contributed by atoms with Crippen LogP contribution in [0.1, 0.15) is 37.6 Å². The molecule has 136 valence electrons. The molecule has 0 unspecified atom stereocenters. The fourth-order valence-corrected chi connectivity index (χ4v) is 2.16. The Bertz CT molecular complexity index is 641. The van der Waals surface area contributed by atoms with Gasteiger partial charge in [-0.15, -0.1) is 0 Å². The van der Waals surface area contributed by atoms with E-state index in [-0.39, 0.29) is 18.6 Å². The maximum absolute atomic E-state index is 12.3. The van der Waals surface area contributed by atoms with E-state index in [0.717, 1.165) is 0 Å². The summed E-state index contributed by atoms with van der Waals surface area (Å²) >= 11 is 0. The van der Waals surface area contributed by atoms with Gasteiger partial charge in [0.05, 0.1) is 13.0 Å². The molecule has 1 aromatic rings. The maximum Gasteiger partial charge on any atom is 0.308 e. The lowest BCUT2D eigenvalue weighted by atomic mass is 9.97. The molecule has 3 N–H and O–H groups in total. The van der Waals surface area contributed by atoms with Crippen LogP contribution in [-0.4, -0.2) is 36.4 Å². The second-order valence-electron chi connectivity index (χ2n) is 5.46. The Kier molecular flexibility index (Phi) is 7.58. The molecule has 0 heterocycles. The molecule has 0 bridgehead atoms. The Morgan fingerprint density at radius 1 is 1.16 bits per heavy atom. The Balaban J connectivity index is 2.77. The van der Waals surface area contributed by atoms with Crippen LogP contribution in [0.25, 0.3) is 0 Å². The van der Waals surface area contributed by atoms with Crippen molar-refractivity contribution in [2.45, 2.75) is 33.2 Å². The van der Waals surface area contributed by atoms with E-state index in [0.29, 0.717) is 5.75 Å². The number of amides is 2. The molecule has 2 atom stereocenters. The zero-order valence-corrected chi connectivity index (χ0v) is 14.4. The lowest BCUT2D eigenvalue weighted by molar-refractivity contribution is -0.144. The molecule has 0 aliphatic heterocycles. The first kappa shape index (κ1) is 20.1. The number of ether oxygens (including phenoxy) is 2. The second kappa shape index (κ2) is 9.41. The molecule has 1 aromatic carbocycles. The van der Waals surface area contributed by atoms with Gasteiger partial charge in [-0.2, -0.15) is 0 Å². The van der Waals surface area contributed by atoms with E-state index in [4.69, 9.17) is 15.2 Å². The number of rotatable bonds is 8. The number of primary amides is 1. The van der Waals surface area contributed by atoms with Gasteiger partial charge in [-0.25, -0.2) is 0 Å². The van der Waals surface area contributed by atoms with Crippen molar-refractivity contribution < 1.29 is 28.7 Å². The van der Waals surface area contributed by atoms with Crippen molar-refractivity contribution in [1.82, 2.24) is 5.32 Å². The van der Waals surface area contributed by atoms with Crippen LogP contribution in [-0.2, 0) is 19.1 Å². The third kappa shape index (κ3) is 6.62. The summed E-state index contributed by atoms with van der Waals surface area (Å²) in [6, 6.07) is 4.78. The highest BCUT2D eigenvalue weighted by molar-refractivity contribution is 5.97. The number of hydrogen-bond donors (Lipinski definition) is 2. The SMILES string of the molecule is CCOC(=O)C[C@H](C)[C@@H](NC(=O)c1ccc(OC(C)=O)cc1)C(N)=O. The van der Waals surface area contributed by atoms with E-state index in [2.05, 4.69) is 5.32 Å². The van der Waals surface area contributed by atoms with Crippen molar-refractivity contribution in [1.29, 1.82) is 0 Å². The number of hydrogen-bond acceptors (Lipinski definition) is 6. The number of nitrogens with one attached hydrogen (secondary N) is 1. The minimum Gasteiger partial charge on any atom is -0.466 e. The van der Waals surface area contributed by atoms with Crippen molar-refractivity contribution in [2.24, 2.45) is 11.7 Å². The van der Waals surface area contributed by atoms with Crippen molar-refractivity contribution in [2.75, 3.05) is 6.61 Å². The minimum absolute atomic E-state index is 0.0485. The van der Waals surface area contributed by atoms with Gasteiger partial charge >= 0.3 is 11.9 Å². The fourth-order valence-electron chi connectivity index (χ4n) is 2.16. The molecule has 25 heavy (non-hydrogen) atoms. The minimum atomic E-state index is -1.02. The Hall–Kier alpha value is -2.90. The molecule has 0 aliphatic carbocycles. The van der Waals surface area contributed by atoms with Gasteiger partial charge in [0.2, 0.25) is 5.91 Å². The molecule has 2 amide bonds. The third-order valence-electron chi connectivity index (χ3n) is 3.33. The van der Waals surface area contributed by atoms with E-state index in [1.54, 1.807) is 13.8 Å². The van der Waals surface area contributed by atoms with E-state index in [9.17, 15) is 19.2 Å². The Morgan fingerprint density at radius 2 is 1.76 bits per heavy atom. The van der Waals surface area contributed by atoms with Crippen LogP contribution in [0.15, 0.2) is 24.3 Å². The largest absolute Gasteiger partial charge is 0.466 e. The Morgan fingerprint density at radius 3 is 2.24 bits per heavy atom. The number of nitrogens with two attached hydrogens (primary N) is 1. The number of esters is 2. The average molecular weight is 350 g/mol. The van der Waals surface area contributed by atoms with E-state index in [1.807, 2.05) is 0 Å². The molecule has 0 radical (unpaired) electrons. The van der Waals surface area contributed by atoms with Gasteiger partial charge in [-0.1, -0.05) is 6.92 Å².